The highest BCUT2D eigenvalue weighted by atomic mass is 35.5. The van der Waals surface area contributed by atoms with Crippen molar-refractivity contribution in [3.8, 4) is 0 Å². The molecule has 0 aliphatic rings. The molecule has 0 bridgehead atoms. The molecule has 1 amide bonds. The van der Waals surface area contributed by atoms with Crippen molar-refractivity contribution in [2.45, 2.75) is 13.0 Å². The molecular weight excluding hydrogens is 371 g/mol. The molecule has 0 unspecified atom stereocenters. The number of nitrogens with one attached hydrogen (secondary N) is 1. The molecule has 0 aliphatic heterocycles. The van der Waals surface area contributed by atoms with E-state index in [0.29, 0.717) is 5.02 Å². The first kappa shape index (κ1) is 18.7. The number of hydrogen-bond acceptors (Lipinski definition) is 5. The van der Waals surface area contributed by atoms with E-state index in [2.05, 4.69) is 5.32 Å². The Morgan fingerprint density at radius 1 is 1.20 bits per heavy atom. The maximum Gasteiger partial charge on any atom is 0.339 e. The van der Waals surface area contributed by atoms with Gasteiger partial charge in [0.25, 0.3) is 11.6 Å². The summed E-state index contributed by atoms with van der Waals surface area (Å²) in [5.74, 6) is -1.48. The first-order valence-electron chi connectivity index (χ1n) is 6.99. The van der Waals surface area contributed by atoms with Gasteiger partial charge >= 0.3 is 5.97 Å². The maximum atomic E-state index is 12.1. The highest BCUT2D eigenvalue weighted by molar-refractivity contribution is 6.35. The summed E-state index contributed by atoms with van der Waals surface area (Å²) in [6.07, 6.45) is -1.15. The number of halogens is 2. The fourth-order valence-corrected chi connectivity index (χ4v) is 2.19. The van der Waals surface area contributed by atoms with Crippen molar-refractivity contribution in [2.24, 2.45) is 0 Å². The molecule has 0 heterocycles. The Labute approximate surface area is 152 Å². The van der Waals surface area contributed by atoms with E-state index in [1.807, 2.05) is 0 Å². The zero-order chi connectivity index (χ0) is 18.6. The van der Waals surface area contributed by atoms with Gasteiger partial charge < -0.3 is 10.1 Å². The van der Waals surface area contributed by atoms with Gasteiger partial charge in [-0.05, 0) is 31.2 Å². The molecule has 25 heavy (non-hydrogen) atoms. The number of anilines is 1. The fourth-order valence-electron chi connectivity index (χ4n) is 1.86. The maximum absolute atomic E-state index is 12.1. The van der Waals surface area contributed by atoms with E-state index in [4.69, 9.17) is 27.9 Å². The van der Waals surface area contributed by atoms with Crippen molar-refractivity contribution >= 4 is 46.5 Å². The van der Waals surface area contributed by atoms with Gasteiger partial charge in [-0.1, -0.05) is 29.3 Å². The number of ether oxygens (including phenoxy) is 1. The molecule has 1 atom stereocenters. The molecule has 0 fully saturated rings. The summed E-state index contributed by atoms with van der Waals surface area (Å²) in [6.45, 7) is 1.36. The molecule has 0 saturated heterocycles. The van der Waals surface area contributed by atoms with Crippen molar-refractivity contribution in [3.05, 3.63) is 68.2 Å². The zero-order valence-corrected chi connectivity index (χ0v) is 14.4. The lowest BCUT2D eigenvalue weighted by Gasteiger charge is -2.14. The average Bonchev–Trinajstić information content (AvgIpc) is 2.58. The third-order valence-electron chi connectivity index (χ3n) is 3.13. The van der Waals surface area contributed by atoms with E-state index in [1.54, 1.807) is 6.07 Å². The topological polar surface area (TPSA) is 98.5 Å². The van der Waals surface area contributed by atoms with Crippen molar-refractivity contribution in [1.82, 2.24) is 0 Å². The standard InChI is InChI=1S/C16H12Cl2N2O5/c1-9(15(21)19-14-8-11(17)5-6-13(14)18)25-16(22)10-3-2-4-12(7-10)20(23)24/h2-9H,1H3,(H,19,21)/t9-/m0/s1. The zero-order valence-electron chi connectivity index (χ0n) is 12.9. The molecule has 7 nitrogen and oxygen atoms in total. The predicted molar refractivity (Wildman–Crippen MR) is 93.1 cm³/mol. The third-order valence-corrected chi connectivity index (χ3v) is 3.70. The van der Waals surface area contributed by atoms with Crippen LogP contribution in [0.2, 0.25) is 10.0 Å². The van der Waals surface area contributed by atoms with E-state index in [-0.39, 0.29) is 22.0 Å². The Morgan fingerprint density at radius 3 is 2.60 bits per heavy atom. The monoisotopic (exact) mass is 382 g/mol. The van der Waals surface area contributed by atoms with Crippen molar-refractivity contribution in [3.63, 3.8) is 0 Å². The number of nitrogens with zero attached hydrogens (tertiary/aromatic N) is 1. The number of hydrogen-bond donors (Lipinski definition) is 1. The molecule has 0 aromatic heterocycles. The van der Waals surface area contributed by atoms with Gasteiger partial charge in [0.1, 0.15) is 0 Å². The number of esters is 1. The van der Waals surface area contributed by atoms with Crippen LogP contribution in [0, 0.1) is 10.1 Å². The van der Waals surface area contributed by atoms with Crippen LogP contribution in [0.3, 0.4) is 0 Å². The van der Waals surface area contributed by atoms with Gasteiger partial charge in [-0.3, -0.25) is 14.9 Å². The second-order valence-electron chi connectivity index (χ2n) is 4.97. The van der Waals surface area contributed by atoms with Crippen molar-refractivity contribution in [2.75, 3.05) is 5.32 Å². The Balaban J connectivity index is 2.05. The number of non-ortho nitro benzene ring substituents is 1. The van der Waals surface area contributed by atoms with Gasteiger partial charge in [-0.25, -0.2) is 4.79 Å². The second-order valence-corrected chi connectivity index (χ2v) is 5.81. The number of nitro groups is 1. The summed E-state index contributed by atoms with van der Waals surface area (Å²) in [5.41, 5.74) is -0.00989. The lowest BCUT2D eigenvalue weighted by Crippen LogP contribution is -2.30. The molecule has 2 aromatic rings. The fraction of sp³-hybridized carbons (Fsp3) is 0.125. The van der Waals surface area contributed by atoms with Crippen LogP contribution >= 0.6 is 23.2 Å². The normalized spacial score (nSPS) is 11.5. The quantitative estimate of drug-likeness (QED) is 0.477. The SMILES string of the molecule is C[C@H](OC(=O)c1cccc([N+](=O)[O-])c1)C(=O)Nc1cc(Cl)ccc1Cl. The number of carbonyl (C=O) groups excluding carboxylic acids is 2. The van der Waals surface area contributed by atoms with Crippen LogP contribution < -0.4 is 5.32 Å². The van der Waals surface area contributed by atoms with E-state index in [9.17, 15) is 19.7 Å². The van der Waals surface area contributed by atoms with Gasteiger partial charge in [-0.2, -0.15) is 0 Å². The molecule has 0 spiro atoms. The largest absolute Gasteiger partial charge is 0.449 e. The Morgan fingerprint density at radius 2 is 1.92 bits per heavy atom. The number of nitro benzene ring substituents is 1. The molecule has 2 aromatic carbocycles. The number of rotatable bonds is 5. The molecule has 0 saturated carbocycles. The highest BCUT2D eigenvalue weighted by Crippen LogP contribution is 2.25. The van der Waals surface area contributed by atoms with Crippen LogP contribution in [0.4, 0.5) is 11.4 Å². The van der Waals surface area contributed by atoms with Crippen LogP contribution in [-0.2, 0) is 9.53 Å². The summed E-state index contributed by atoms with van der Waals surface area (Å²) in [4.78, 5) is 34.3. The molecule has 1 N–H and O–H groups in total. The summed E-state index contributed by atoms with van der Waals surface area (Å²) in [5, 5.41) is 13.9. The van der Waals surface area contributed by atoms with Gasteiger partial charge in [0.05, 0.1) is 21.2 Å². The van der Waals surface area contributed by atoms with E-state index in [0.717, 1.165) is 6.07 Å². The first-order valence-corrected chi connectivity index (χ1v) is 7.75. The van der Waals surface area contributed by atoms with Gasteiger partial charge in [0.15, 0.2) is 6.10 Å². The number of benzene rings is 2. The van der Waals surface area contributed by atoms with Crippen molar-refractivity contribution in [1.29, 1.82) is 0 Å². The molecule has 0 radical (unpaired) electrons. The molecule has 0 aliphatic carbocycles. The van der Waals surface area contributed by atoms with Gasteiger partial charge in [-0.15, -0.1) is 0 Å². The Hall–Kier alpha value is -2.64. The van der Waals surface area contributed by atoms with Crippen LogP contribution in [0.25, 0.3) is 0 Å². The minimum atomic E-state index is -1.15. The summed E-state index contributed by atoms with van der Waals surface area (Å²) >= 11 is 11.8. The lowest BCUT2D eigenvalue weighted by molar-refractivity contribution is -0.384. The molecular formula is C16H12Cl2N2O5. The van der Waals surface area contributed by atoms with Crippen LogP contribution in [0.15, 0.2) is 42.5 Å². The molecule has 2 rings (SSSR count). The van der Waals surface area contributed by atoms with Crippen LogP contribution in [0.1, 0.15) is 17.3 Å². The smallest absolute Gasteiger partial charge is 0.339 e. The summed E-state index contributed by atoms with van der Waals surface area (Å²) in [7, 11) is 0. The van der Waals surface area contributed by atoms with Gasteiger partial charge in [0.2, 0.25) is 0 Å². The Kier molecular flexibility index (Phi) is 5.95. The van der Waals surface area contributed by atoms with E-state index in [1.165, 1.54) is 37.3 Å². The number of amides is 1. The molecule has 130 valence electrons. The minimum absolute atomic E-state index is 0.0327. The van der Waals surface area contributed by atoms with E-state index >= 15 is 0 Å². The van der Waals surface area contributed by atoms with Crippen LogP contribution in [0.5, 0.6) is 0 Å². The Bertz CT molecular complexity index is 841. The minimum Gasteiger partial charge on any atom is -0.449 e. The van der Waals surface area contributed by atoms with Gasteiger partial charge in [0, 0.05) is 17.2 Å². The third kappa shape index (κ3) is 4.91. The predicted octanol–water partition coefficient (Wildman–Crippen LogP) is 4.09. The average molecular weight is 383 g/mol. The lowest BCUT2D eigenvalue weighted by atomic mass is 10.2. The molecule has 9 heteroatoms. The second kappa shape index (κ2) is 7.96. The van der Waals surface area contributed by atoms with Crippen molar-refractivity contribution < 1.29 is 19.2 Å². The summed E-state index contributed by atoms with van der Waals surface area (Å²) < 4.78 is 5.03. The number of carbonyl (C=O) groups is 2. The van der Waals surface area contributed by atoms with E-state index < -0.39 is 22.9 Å². The summed E-state index contributed by atoms with van der Waals surface area (Å²) in [6, 6.07) is 9.55. The first-order chi connectivity index (χ1) is 11.8. The highest BCUT2D eigenvalue weighted by Gasteiger charge is 2.21. The van der Waals surface area contributed by atoms with Crippen LogP contribution in [-0.4, -0.2) is 22.9 Å².